The third-order valence-electron chi connectivity index (χ3n) is 4.72. The summed E-state index contributed by atoms with van der Waals surface area (Å²) in [6, 6.07) is 20.9. The van der Waals surface area contributed by atoms with Gasteiger partial charge in [0, 0.05) is 5.56 Å². The van der Waals surface area contributed by atoms with Crippen molar-refractivity contribution in [3.63, 3.8) is 0 Å². The summed E-state index contributed by atoms with van der Waals surface area (Å²) in [6.07, 6.45) is 0. The second kappa shape index (κ2) is 7.23. The van der Waals surface area contributed by atoms with E-state index < -0.39 is 0 Å². The summed E-state index contributed by atoms with van der Waals surface area (Å²) in [4.78, 5) is 4.72. The van der Waals surface area contributed by atoms with Crippen LogP contribution >= 0.6 is 0 Å². The summed E-state index contributed by atoms with van der Waals surface area (Å²) in [5.74, 6) is 1.41. The van der Waals surface area contributed by atoms with Crippen molar-refractivity contribution in [2.45, 2.75) is 27.0 Å². The van der Waals surface area contributed by atoms with Crippen LogP contribution in [0.3, 0.4) is 0 Å². The fraction of sp³-hybridized carbons (Fsp3) is 0.174. The van der Waals surface area contributed by atoms with Crippen molar-refractivity contribution in [3.8, 4) is 5.75 Å². The monoisotopic (exact) mass is 360 g/mol. The molecule has 0 N–H and O–H groups in total. The highest BCUT2D eigenvalue weighted by Gasteiger charge is 2.13. The van der Waals surface area contributed by atoms with Gasteiger partial charge in [-0.2, -0.15) is 0 Å². The number of imidazole rings is 1. The molecule has 136 valence electrons. The quantitative estimate of drug-likeness (QED) is 0.475. The van der Waals surface area contributed by atoms with Gasteiger partial charge in [-0.15, -0.1) is 0 Å². The number of aryl methyl sites for hydroxylation is 2. The maximum absolute atomic E-state index is 14.2. The molecule has 4 aromatic rings. The third kappa shape index (κ3) is 3.56. The summed E-state index contributed by atoms with van der Waals surface area (Å²) < 4.78 is 22.3. The maximum Gasteiger partial charge on any atom is 0.148 e. The Kier molecular flexibility index (Phi) is 4.63. The van der Waals surface area contributed by atoms with Crippen LogP contribution in [-0.2, 0) is 13.2 Å². The highest BCUT2D eigenvalue weighted by molar-refractivity contribution is 5.76. The Labute approximate surface area is 158 Å². The molecule has 0 spiro atoms. The zero-order valence-corrected chi connectivity index (χ0v) is 15.4. The van der Waals surface area contributed by atoms with Gasteiger partial charge in [0.05, 0.1) is 17.6 Å². The topological polar surface area (TPSA) is 27.1 Å². The van der Waals surface area contributed by atoms with Crippen molar-refractivity contribution in [2.75, 3.05) is 0 Å². The number of benzene rings is 3. The molecule has 0 amide bonds. The molecule has 0 atom stereocenters. The summed E-state index contributed by atoms with van der Waals surface area (Å²) in [6.45, 7) is 4.81. The number of para-hydroxylation sites is 2. The SMILES string of the molecule is Cc1ccc(C)c(OCc2nc3ccccc3n2Cc2ccccc2F)c1. The molecule has 27 heavy (non-hydrogen) atoms. The smallest absolute Gasteiger partial charge is 0.148 e. The molecule has 0 aliphatic rings. The Morgan fingerprint density at radius 3 is 2.59 bits per heavy atom. The standard InChI is InChI=1S/C23H21FN2O/c1-16-11-12-17(2)22(13-16)27-15-23-25-20-9-5-6-10-21(20)26(23)14-18-7-3-4-8-19(18)24/h3-13H,14-15H2,1-2H3. The van der Waals surface area contributed by atoms with Gasteiger partial charge in [-0.25, -0.2) is 9.37 Å². The lowest BCUT2D eigenvalue weighted by Gasteiger charge is -2.13. The Hall–Kier alpha value is -3.14. The van der Waals surface area contributed by atoms with E-state index in [1.54, 1.807) is 12.1 Å². The molecule has 0 radical (unpaired) electrons. The van der Waals surface area contributed by atoms with E-state index >= 15 is 0 Å². The van der Waals surface area contributed by atoms with E-state index in [0.717, 1.165) is 33.7 Å². The zero-order valence-electron chi connectivity index (χ0n) is 15.4. The highest BCUT2D eigenvalue weighted by Crippen LogP contribution is 2.23. The van der Waals surface area contributed by atoms with Gasteiger partial charge in [-0.1, -0.05) is 42.5 Å². The van der Waals surface area contributed by atoms with E-state index in [1.807, 2.05) is 60.9 Å². The van der Waals surface area contributed by atoms with Crippen molar-refractivity contribution in [3.05, 3.63) is 95.1 Å². The van der Waals surface area contributed by atoms with Crippen LogP contribution in [0.1, 0.15) is 22.5 Å². The summed E-state index contributed by atoms with van der Waals surface area (Å²) >= 11 is 0. The Morgan fingerprint density at radius 1 is 0.963 bits per heavy atom. The number of nitrogens with zero attached hydrogens (tertiary/aromatic N) is 2. The van der Waals surface area contributed by atoms with E-state index in [1.165, 1.54) is 6.07 Å². The molecule has 1 heterocycles. The molecule has 0 unspecified atom stereocenters. The van der Waals surface area contributed by atoms with Crippen LogP contribution in [0, 0.1) is 19.7 Å². The average molecular weight is 360 g/mol. The van der Waals surface area contributed by atoms with E-state index in [-0.39, 0.29) is 5.82 Å². The van der Waals surface area contributed by atoms with Crippen molar-refractivity contribution >= 4 is 11.0 Å². The number of fused-ring (bicyclic) bond motifs is 1. The second-order valence-electron chi connectivity index (χ2n) is 6.75. The Morgan fingerprint density at radius 2 is 1.74 bits per heavy atom. The maximum atomic E-state index is 14.2. The van der Waals surface area contributed by atoms with Crippen LogP contribution in [0.2, 0.25) is 0 Å². The molecule has 3 aromatic carbocycles. The molecule has 0 aliphatic heterocycles. The first-order valence-electron chi connectivity index (χ1n) is 8.99. The van der Waals surface area contributed by atoms with Crippen molar-refractivity contribution < 1.29 is 9.13 Å². The number of ether oxygens (including phenoxy) is 1. The molecule has 0 saturated carbocycles. The average Bonchev–Trinajstić information content (AvgIpc) is 3.02. The van der Waals surface area contributed by atoms with Gasteiger partial charge in [0.15, 0.2) is 0 Å². The number of hydrogen-bond acceptors (Lipinski definition) is 2. The van der Waals surface area contributed by atoms with E-state index in [2.05, 4.69) is 6.07 Å². The van der Waals surface area contributed by atoms with Gasteiger partial charge in [-0.05, 0) is 49.2 Å². The van der Waals surface area contributed by atoms with Crippen LogP contribution < -0.4 is 4.74 Å². The molecule has 0 bridgehead atoms. The van der Waals surface area contributed by atoms with Crippen molar-refractivity contribution in [2.24, 2.45) is 0 Å². The lowest BCUT2D eigenvalue weighted by atomic mass is 10.1. The molecule has 4 rings (SSSR count). The summed E-state index contributed by atoms with van der Waals surface area (Å²) in [5.41, 5.74) is 4.72. The van der Waals surface area contributed by atoms with Crippen LogP contribution in [-0.4, -0.2) is 9.55 Å². The fourth-order valence-electron chi connectivity index (χ4n) is 3.21. The normalized spacial score (nSPS) is 11.1. The first-order valence-corrected chi connectivity index (χ1v) is 8.99. The van der Waals surface area contributed by atoms with Crippen LogP contribution in [0.4, 0.5) is 4.39 Å². The predicted molar refractivity (Wildman–Crippen MR) is 105 cm³/mol. The number of aromatic nitrogens is 2. The summed E-state index contributed by atoms with van der Waals surface area (Å²) in [5, 5.41) is 0. The highest BCUT2D eigenvalue weighted by atomic mass is 19.1. The second-order valence-corrected chi connectivity index (χ2v) is 6.75. The van der Waals surface area contributed by atoms with Gasteiger partial charge in [0.2, 0.25) is 0 Å². The van der Waals surface area contributed by atoms with Crippen LogP contribution in [0.25, 0.3) is 11.0 Å². The number of halogens is 1. The van der Waals surface area contributed by atoms with Gasteiger partial charge in [0.1, 0.15) is 24.0 Å². The minimum Gasteiger partial charge on any atom is -0.485 e. The van der Waals surface area contributed by atoms with Gasteiger partial charge >= 0.3 is 0 Å². The lowest BCUT2D eigenvalue weighted by molar-refractivity contribution is 0.289. The molecule has 3 nitrogen and oxygen atoms in total. The van der Waals surface area contributed by atoms with E-state index in [9.17, 15) is 4.39 Å². The van der Waals surface area contributed by atoms with Gasteiger partial charge in [-0.3, -0.25) is 0 Å². The largest absolute Gasteiger partial charge is 0.485 e. The third-order valence-corrected chi connectivity index (χ3v) is 4.72. The molecule has 4 heteroatoms. The predicted octanol–water partition coefficient (Wildman–Crippen LogP) is 5.42. The Bertz CT molecular complexity index is 1100. The molecule has 0 aliphatic carbocycles. The molecule has 0 fully saturated rings. The minimum absolute atomic E-state index is 0.211. The lowest BCUT2D eigenvalue weighted by Crippen LogP contribution is -2.09. The first-order chi connectivity index (χ1) is 13.1. The van der Waals surface area contributed by atoms with Crippen LogP contribution in [0.5, 0.6) is 5.75 Å². The van der Waals surface area contributed by atoms with Crippen molar-refractivity contribution in [1.82, 2.24) is 9.55 Å². The van der Waals surface area contributed by atoms with Gasteiger partial charge < -0.3 is 9.30 Å². The Balaban J connectivity index is 1.69. The fourth-order valence-corrected chi connectivity index (χ4v) is 3.21. The van der Waals surface area contributed by atoms with Gasteiger partial charge in [0.25, 0.3) is 0 Å². The first kappa shape index (κ1) is 17.3. The van der Waals surface area contributed by atoms with Crippen LogP contribution in [0.15, 0.2) is 66.7 Å². The van der Waals surface area contributed by atoms with E-state index in [0.29, 0.717) is 18.7 Å². The minimum atomic E-state index is -0.211. The molecule has 1 aromatic heterocycles. The molecular formula is C23H21FN2O. The zero-order chi connectivity index (χ0) is 18.8. The number of hydrogen-bond donors (Lipinski definition) is 0. The molecular weight excluding hydrogens is 339 g/mol. The van der Waals surface area contributed by atoms with E-state index in [4.69, 9.17) is 9.72 Å². The molecule has 0 saturated heterocycles. The number of rotatable bonds is 5. The summed E-state index contributed by atoms with van der Waals surface area (Å²) in [7, 11) is 0. The van der Waals surface area contributed by atoms with Crippen molar-refractivity contribution in [1.29, 1.82) is 0 Å².